The van der Waals surface area contributed by atoms with Gasteiger partial charge in [-0.25, -0.2) is 9.97 Å². The predicted octanol–water partition coefficient (Wildman–Crippen LogP) is 3.11. The van der Waals surface area contributed by atoms with Crippen molar-refractivity contribution in [1.29, 1.82) is 0 Å². The summed E-state index contributed by atoms with van der Waals surface area (Å²) in [6.07, 6.45) is 5.58. The molecule has 1 unspecified atom stereocenters. The summed E-state index contributed by atoms with van der Waals surface area (Å²) in [6.45, 7) is 7.89. The summed E-state index contributed by atoms with van der Waals surface area (Å²) in [5, 5.41) is 3.51. The average Bonchev–Trinajstić information content (AvgIpc) is 3.17. The molecule has 23 heavy (non-hydrogen) atoms. The molecule has 0 aromatic carbocycles. The van der Waals surface area contributed by atoms with Crippen LogP contribution in [0.5, 0.6) is 0 Å². The average molecular weight is 316 g/mol. The van der Waals surface area contributed by atoms with Gasteiger partial charge in [-0.1, -0.05) is 26.7 Å². The first-order valence-electron chi connectivity index (χ1n) is 8.94. The zero-order valence-corrected chi connectivity index (χ0v) is 14.5. The second kappa shape index (κ2) is 6.85. The third-order valence-corrected chi connectivity index (χ3v) is 4.94. The molecule has 1 aromatic heterocycles. The SMILES string of the molecule is Cc1cc(NC2CCN(C(=O)C3CCCC3)C2)nc(C(C)C)n1. The van der Waals surface area contributed by atoms with Crippen LogP contribution in [0, 0.1) is 12.8 Å². The van der Waals surface area contributed by atoms with E-state index in [0.717, 1.165) is 49.7 Å². The summed E-state index contributed by atoms with van der Waals surface area (Å²) in [7, 11) is 0. The molecule has 126 valence electrons. The van der Waals surface area contributed by atoms with Gasteiger partial charge in [-0.05, 0) is 26.2 Å². The van der Waals surface area contributed by atoms with Gasteiger partial charge in [0.25, 0.3) is 0 Å². The number of nitrogens with one attached hydrogen (secondary N) is 1. The number of carbonyl (C=O) groups is 1. The maximum Gasteiger partial charge on any atom is 0.225 e. The fourth-order valence-corrected chi connectivity index (χ4v) is 3.64. The predicted molar refractivity (Wildman–Crippen MR) is 91.4 cm³/mol. The third-order valence-electron chi connectivity index (χ3n) is 4.94. The highest BCUT2D eigenvalue weighted by Gasteiger charge is 2.32. The molecular weight excluding hydrogens is 288 g/mol. The van der Waals surface area contributed by atoms with E-state index >= 15 is 0 Å². The van der Waals surface area contributed by atoms with E-state index in [1.54, 1.807) is 0 Å². The number of anilines is 1. The highest BCUT2D eigenvalue weighted by atomic mass is 16.2. The Hall–Kier alpha value is -1.65. The molecule has 2 heterocycles. The fourth-order valence-electron chi connectivity index (χ4n) is 3.64. The number of nitrogens with zero attached hydrogens (tertiary/aromatic N) is 3. The summed E-state index contributed by atoms with van der Waals surface area (Å²) in [6, 6.07) is 2.29. The van der Waals surface area contributed by atoms with Gasteiger partial charge in [0.05, 0.1) is 0 Å². The summed E-state index contributed by atoms with van der Waals surface area (Å²) < 4.78 is 0. The third kappa shape index (κ3) is 3.82. The van der Waals surface area contributed by atoms with E-state index in [1.807, 2.05) is 17.9 Å². The number of rotatable bonds is 4. The molecule has 1 N–H and O–H groups in total. The van der Waals surface area contributed by atoms with Crippen molar-refractivity contribution in [3.05, 3.63) is 17.6 Å². The summed E-state index contributed by atoms with van der Waals surface area (Å²) >= 11 is 0. The van der Waals surface area contributed by atoms with E-state index in [2.05, 4.69) is 29.1 Å². The van der Waals surface area contributed by atoms with Crippen LogP contribution in [0.1, 0.15) is 63.4 Å². The van der Waals surface area contributed by atoms with Crippen LogP contribution >= 0.6 is 0 Å². The minimum Gasteiger partial charge on any atom is -0.365 e. The topological polar surface area (TPSA) is 58.1 Å². The minimum absolute atomic E-state index is 0.280. The van der Waals surface area contributed by atoms with Crippen LogP contribution in [0.4, 0.5) is 5.82 Å². The maximum absolute atomic E-state index is 12.5. The van der Waals surface area contributed by atoms with Crippen LogP contribution in [0.3, 0.4) is 0 Å². The Balaban J connectivity index is 1.60. The first kappa shape index (κ1) is 16.2. The molecule has 0 bridgehead atoms. The smallest absolute Gasteiger partial charge is 0.225 e. The molecule has 1 aliphatic carbocycles. The lowest BCUT2D eigenvalue weighted by Crippen LogP contribution is -2.35. The van der Waals surface area contributed by atoms with Gasteiger partial charge in [0.2, 0.25) is 5.91 Å². The van der Waals surface area contributed by atoms with Gasteiger partial charge in [-0.3, -0.25) is 4.79 Å². The van der Waals surface area contributed by atoms with E-state index in [9.17, 15) is 4.79 Å². The van der Waals surface area contributed by atoms with Gasteiger partial charge in [0.15, 0.2) is 0 Å². The molecule has 5 nitrogen and oxygen atoms in total. The van der Waals surface area contributed by atoms with Gasteiger partial charge in [0.1, 0.15) is 11.6 Å². The number of carbonyl (C=O) groups excluding carboxylic acids is 1. The lowest BCUT2D eigenvalue weighted by atomic mass is 10.1. The van der Waals surface area contributed by atoms with Gasteiger partial charge >= 0.3 is 0 Å². The quantitative estimate of drug-likeness (QED) is 0.927. The molecule has 5 heteroatoms. The molecule has 1 aliphatic heterocycles. The van der Waals surface area contributed by atoms with Crippen LogP contribution in [0.25, 0.3) is 0 Å². The molecule has 0 spiro atoms. The van der Waals surface area contributed by atoms with Crippen molar-refractivity contribution in [2.45, 2.75) is 64.8 Å². The molecule has 1 saturated heterocycles. The summed E-state index contributed by atoms with van der Waals surface area (Å²) in [5.41, 5.74) is 0.989. The van der Waals surface area contributed by atoms with Crippen molar-refractivity contribution in [3.8, 4) is 0 Å². The summed E-state index contributed by atoms with van der Waals surface area (Å²) in [5.74, 6) is 2.74. The Bertz CT molecular complexity index is 566. The fraction of sp³-hybridized carbons (Fsp3) is 0.722. The van der Waals surface area contributed by atoms with E-state index in [-0.39, 0.29) is 5.92 Å². The monoisotopic (exact) mass is 316 g/mol. The van der Waals surface area contributed by atoms with E-state index in [4.69, 9.17) is 0 Å². The Kier molecular flexibility index (Phi) is 4.83. The van der Waals surface area contributed by atoms with Gasteiger partial charge in [-0.15, -0.1) is 0 Å². The molecule has 2 fully saturated rings. The second-order valence-electron chi connectivity index (χ2n) is 7.30. The summed E-state index contributed by atoms with van der Waals surface area (Å²) in [4.78, 5) is 23.7. The first-order valence-corrected chi connectivity index (χ1v) is 8.94. The van der Waals surface area contributed by atoms with Crippen molar-refractivity contribution in [3.63, 3.8) is 0 Å². The minimum atomic E-state index is 0.280. The van der Waals surface area contributed by atoms with Crippen molar-refractivity contribution in [1.82, 2.24) is 14.9 Å². The van der Waals surface area contributed by atoms with Crippen molar-refractivity contribution in [2.75, 3.05) is 18.4 Å². The van der Waals surface area contributed by atoms with Crippen molar-refractivity contribution < 1.29 is 4.79 Å². The molecule has 0 radical (unpaired) electrons. The molecule has 1 amide bonds. The van der Waals surface area contributed by atoms with Gasteiger partial charge < -0.3 is 10.2 Å². The molecule has 1 aromatic rings. The second-order valence-corrected chi connectivity index (χ2v) is 7.30. The number of aromatic nitrogens is 2. The number of amides is 1. The van der Waals surface area contributed by atoms with Gasteiger partial charge in [0, 0.05) is 42.7 Å². The largest absolute Gasteiger partial charge is 0.365 e. The van der Waals surface area contributed by atoms with Crippen molar-refractivity contribution >= 4 is 11.7 Å². The van der Waals surface area contributed by atoms with Crippen LogP contribution in [-0.4, -0.2) is 39.9 Å². The molecule has 3 rings (SSSR count). The van der Waals surface area contributed by atoms with E-state index < -0.39 is 0 Å². The molecular formula is C18H28N4O. The molecule has 1 saturated carbocycles. The lowest BCUT2D eigenvalue weighted by molar-refractivity contribution is -0.134. The zero-order valence-electron chi connectivity index (χ0n) is 14.5. The van der Waals surface area contributed by atoms with Crippen LogP contribution in [0.2, 0.25) is 0 Å². The Labute approximate surface area is 138 Å². The number of hydrogen-bond acceptors (Lipinski definition) is 4. The van der Waals surface area contributed by atoms with Gasteiger partial charge in [-0.2, -0.15) is 0 Å². The highest BCUT2D eigenvalue weighted by Crippen LogP contribution is 2.28. The number of likely N-dealkylation sites (tertiary alicyclic amines) is 1. The zero-order chi connectivity index (χ0) is 16.4. The normalized spacial score (nSPS) is 22.1. The van der Waals surface area contributed by atoms with E-state index in [1.165, 1.54) is 12.8 Å². The number of aryl methyl sites for hydroxylation is 1. The lowest BCUT2D eigenvalue weighted by Gasteiger charge is -2.21. The molecule has 2 aliphatic rings. The highest BCUT2D eigenvalue weighted by molar-refractivity contribution is 5.79. The Morgan fingerprint density at radius 3 is 2.70 bits per heavy atom. The van der Waals surface area contributed by atoms with Crippen LogP contribution in [-0.2, 0) is 4.79 Å². The molecule has 1 atom stereocenters. The van der Waals surface area contributed by atoms with Crippen LogP contribution < -0.4 is 5.32 Å². The van der Waals surface area contributed by atoms with Crippen LogP contribution in [0.15, 0.2) is 6.07 Å². The van der Waals surface area contributed by atoms with Crippen molar-refractivity contribution in [2.24, 2.45) is 5.92 Å². The Morgan fingerprint density at radius 1 is 1.26 bits per heavy atom. The first-order chi connectivity index (χ1) is 11.0. The number of hydrogen-bond donors (Lipinski definition) is 1. The maximum atomic E-state index is 12.5. The standard InChI is InChI=1S/C18H28N4O/c1-12(2)17-19-13(3)10-16(21-17)20-15-8-9-22(11-15)18(23)14-6-4-5-7-14/h10,12,14-15H,4-9,11H2,1-3H3,(H,19,20,21). The Morgan fingerprint density at radius 2 is 2.00 bits per heavy atom. The van der Waals surface area contributed by atoms with E-state index in [0.29, 0.717) is 17.9 Å².